The van der Waals surface area contributed by atoms with Gasteiger partial charge in [-0.2, -0.15) is 0 Å². The van der Waals surface area contributed by atoms with E-state index in [1.807, 2.05) is 36.4 Å². The third-order valence-electron chi connectivity index (χ3n) is 7.26. The second kappa shape index (κ2) is 9.10. The lowest BCUT2D eigenvalue weighted by Gasteiger charge is -2.29. The van der Waals surface area contributed by atoms with Gasteiger partial charge in [0.15, 0.2) is 0 Å². The molecule has 3 aliphatic rings. The van der Waals surface area contributed by atoms with E-state index < -0.39 is 23.5 Å². The number of hydrogen-bond acceptors (Lipinski definition) is 5. The highest BCUT2D eigenvalue weighted by Gasteiger charge is 2.46. The summed E-state index contributed by atoms with van der Waals surface area (Å²) in [4.78, 5) is 37.2. The maximum absolute atomic E-state index is 13.1. The van der Waals surface area contributed by atoms with Gasteiger partial charge in [-0.3, -0.25) is 9.59 Å². The van der Waals surface area contributed by atoms with E-state index in [0.717, 1.165) is 22.3 Å². The van der Waals surface area contributed by atoms with E-state index in [0.29, 0.717) is 32.3 Å². The molecule has 0 radical (unpaired) electrons. The van der Waals surface area contributed by atoms with E-state index in [1.54, 1.807) is 0 Å². The van der Waals surface area contributed by atoms with Crippen LogP contribution in [0.15, 0.2) is 48.5 Å². The van der Waals surface area contributed by atoms with E-state index in [4.69, 9.17) is 9.47 Å². The van der Waals surface area contributed by atoms with E-state index in [9.17, 15) is 19.5 Å². The summed E-state index contributed by atoms with van der Waals surface area (Å²) in [6, 6.07) is 16.0. The SMILES string of the molecule is O=C(NC1(C(=O)N[C@@H]2CC[C@H](C(=O)O)C2)CCOC1)OCC1c2ccccc2-c2ccccc21. The fourth-order valence-corrected chi connectivity index (χ4v) is 5.39. The summed E-state index contributed by atoms with van der Waals surface area (Å²) in [5.41, 5.74) is 3.29. The van der Waals surface area contributed by atoms with Crippen LogP contribution in [0.25, 0.3) is 11.1 Å². The van der Waals surface area contributed by atoms with Crippen molar-refractivity contribution in [1.29, 1.82) is 0 Å². The maximum Gasteiger partial charge on any atom is 0.408 e. The molecule has 34 heavy (non-hydrogen) atoms. The lowest BCUT2D eigenvalue weighted by molar-refractivity contribution is -0.141. The molecule has 1 saturated heterocycles. The van der Waals surface area contributed by atoms with Gasteiger partial charge in [0.25, 0.3) is 0 Å². The predicted octanol–water partition coefficient (Wildman–Crippen LogP) is 3.05. The minimum Gasteiger partial charge on any atom is -0.481 e. The van der Waals surface area contributed by atoms with Crippen molar-refractivity contribution in [2.24, 2.45) is 5.92 Å². The molecular formula is C26H28N2O6. The smallest absolute Gasteiger partial charge is 0.408 e. The second-order valence-corrected chi connectivity index (χ2v) is 9.35. The number of carbonyl (C=O) groups is 3. The standard InChI is InChI=1S/C26H28N2O6/c29-23(30)16-9-10-17(13-16)27-24(31)26(11-12-33-15-26)28-25(32)34-14-22-20-7-3-1-5-18(20)19-6-2-4-8-21(19)22/h1-8,16-17,22H,9-15H2,(H,27,31)(H,28,32)(H,29,30)/t16-,17+,26?/m0/s1. The molecule has 8 nitrogen and oxygen atoms in total. The Bertz CT molecular complexity index is 1060. The van der Waals surface area contributed by atoms with Crippen LogP contribution in [0.2, 0.25) is 0 Å². The topological polar surface area (TPSA) is 114 Å². The Labute approximate surface area is 197 Å². The van der Waals surface area contributed by atoms with E-state index in [-0.39, 0.29) is 31.1 Å². The zero-order valence-corrected chi connectivity index (χ0v) is 18.8. The number of rotatable bonds is 6. The second-order valence-electron chi connectivity index (χ2n) is 9.35. The molecule has 0 aromatic heterocycles. The van der Waals surface area contributed by atoms with Crippen LogP contribution in [0, 0.1) is 5.92 Å². The molecule has 178 valence electrons. The molecular weight excluding hydrogens is 436 g/mol. The number of benzene rings is 2. The molecule has 0 bridgehead atoms. The van der Waals surface area contributed by atoms with Crippen LogP contribution in [0.1, 0.15) is 42.7 Å². The first-order valence-corrected chi connectivity index (χ1v) is 11.7. The quantitative estimate of drug-likeness (QED) is 0.606. The number of carboxylic acids is 1. The van der Waals surface area contributed by atoms with Crippen molar-refractivity contribution in [3.05, 3.63) is 59.7 Å². The molecule has 3 atom stereocenters. The lowest BCUT2D eigenvalue weighted by atomic mass is 9.96. The summed E-state index contributed by atoms with van der Waals surface area (Å²) in [6.07, 6.45) is 1.19. The fourth-order valence-electron chi connectivity index (χ4n) is 5.39. The molecule has 5 rings (SSSR count). The van der Waals surface area contributed by atoms with Crippen molar-refractivity contribution < 1.29 is 29.0 Å². The average molecular weight is 465 g/mol. The summed E-state index contributed by atoms with van der Waals surface area (Å²) in [6.45, 7) is 0.554. The first-order valence-electron chi connectivity index (χ1n) is 11.7. The van der Waals surface area contributed by atoms with Crippen molar-refractivity contribution in [3.63, 3.8) is 0 Å². The van der Waals surface area contributed by atoms with E-state index >= 15 is 0 Å². The average Bonchev–Trinajstić information content (AvgIpc) is 3.56. The molecule has 1 unspecified atom stereocenters. The summed E-state index contributed by atoms with van der Waals surface area (Å²) in [7, 11) is 0. The molecule has 3 N–H and O–H groups in total. The molecule has 0 spiro atoms. The van der Waals surface area contributed by atoms with E-state index in [1.165, 1.54) is 0 Å². The number of amides is 2. The van der Waals surface area contributed by atoms with Crippen molar-refractivity contribution >= 4 is 18.0 Å². The van der Waals surface area contributed by atoms with Gasteiger partial charge in [0.05, 0.1) is 12.5 Å². The lowest BCUT2D eigenvalue weighted by Crippen LogP contribution is -2.60. The number of hydrogen-bond donors (Lipinski definition) is 3. The normalized spacial score (nSPS) is 25.4. The van der Waals surface area contributed by atoms with Crippen LogP contribution in [-0.2, 0) is 19.1 Å². The zero-order valence-electron chi connectivity index (χ0n) is 18.8. The van der Waals surface area contributed by atoms with Crippen LogP contribution >= 0.6 is 0 Å². The number of carbonyl (C=O) groups excluding carboxylic acids is 2. The highest BCUT2D eigenvalue weighted by Crippen LogP contribution is 2.44. The first kappa shape index (κ1) is 22.4. The molecule has 1 aliphatic heterocycles. The van der Waals surface area contributed by atoms with Gasteiger partial charge in [-0.15, -0.1) is 0 Å². The van der Waals surface area contributed by atoms with Crippen LogP contribution in [0.3, 0.4) is 0 Å². The van der Waals surface area contributed by atoms with Gasteiger partial charge >= 0.3 is 12.1 Å². The molecule has 2 fully saturated rings. The van der Waals surface area contributed by atoms with Crippen molar-refractivity contribution in [2.75, 3.05) is 19.8 Å². The van der Waals surface area contributed by atoms with Gasteiger partial charge in [-0.25, -0.2) is 4.79 Å². The largest absolute Gasteiger partial charge is 0.481 e. The monoisotopic (exact) mass is 464 g/mol. The molecule has 2 aliphatic carbocycles. The predicted molar refractivity (Wildman–Crippen MR) is 123 cm³/mol. The summed E-state index contributed by atoms with van der Waals surface area (Å²) in [5.74, 6) is -1.72. The molecule has 1 saturated carbocycles. The third-order valence-corrected chi connectivity index (χ3v) is 7.26. The van der Waals surface area contributed by atoms with Crippen molar-refractivity contribution in [1.82, 2.24) is 10.6 Å². The van der Waals surface area contributed by atoms with Crippen molar-refractivity contribution in [2.45, 2.75) is 43.2 Å². The summed E-state index contributed by atoms with van der Waals surface area (Å²) < 4.78 is 11.1. The van der Waals surface area contributed by atoms with Crippen molar-refractivity contribution in [3.8, 4) is 11.1 Å². The van der Waals surface area contributed by atoms with Gasteiger partial charge in [0.1, 0.15) is 12.1 Å². The molecule has 2 amide bonds. The van der Waals surface area contributed by atoms with Crippen LogP contribution in [-0.4, -0.2) is 54.5 Å². The Morgan fingerprint density at radius 2 is 1.71 bits per heavy atom. The Hall–Kier alpha value is -3.39. The number of nitrogens with one attached hydrogen (secondary N) is 2. The molecule has 1 heterocycles. The first-order chi connectivity index (χ1) is 16.5. The maximum atomic E-state index is 13.1. The Morgan fingerprint density at radius 1 is 1.03 bits per heavy atom. The summed E-state index contributed by atoms with van der Waals surface area (Å²) in [5, 5.41) is 14.9. The highest BCUT2D eigenvalue weighted by molar-refractivity contribution is 5.91. The van der Waals surface area contributed by atoms with Gasteiger partial charge in [0, 0.05) is 25.0 Å². The zero-order chi connectivity index (χ0) is 23.7. The van der Waals surface area contributed by atoms with Crippen LogP contribution < -0.4 is 10.6 Å². The number of ether oxygens (including phenoxy) is 2. The summed E-state index contributed by atoms with van der Waals surface area (Å²) >= 11 is 0. The molecule has 2 aromatic carbocycles. The highest BCUT2D eigenvalue weighted by atomic mass is 16.6. The Morgan fingerprint density at radius 3 is 2.29 bits per heavy atom. The van der Waals surface area contributed by atoms with Gasteiger partial charge in [-0.05, 0) is 41.5 Å². The molecule has 2 aromatic rings. The number of aliphatic carboxylic acids is 1. The third kappa shape index (κ3) is 4.14. The number of alkyl carbamates (subject to hydrolysis) is 1. The van der Waals surface area contributed by atoms with Crippen LogP contribution in [0.5, 0.6) is 0 Å². The van der Waals surface area contributed by atoms with Gasteiger partial charge < -0.3 is 25.2 Å². The fraction of sp³-hybridized carbons (Fsp3) is 0.423. The minimum absolute atomic E-state index is 0.0537. The Balaban J connectivity index is 1.23. The minimum atomic E-state index is -1.22. The Kier molecular flexibility index (Phi) is 6.00. The van der Waals surface area contributed by atoms with E-state index in [2.05, 4.69) is 22.8 Å². The molecule has 8 heteroatoms. The number of carboxylic acid groups (broad SMARTS) is 1. The van der Waals surface area contributed by atoms with Gasteiger partial charge in [0.2, 0.25) is 5.91 Å². The number of fused-ring (bicyclic) bond motifs is 3. The van der Waals surface area contributed by atoms with Crippen LogP contribution in [0.4, 0.5) is 4.79 Å². The van der Waals surface area contributed by atoms with Gasteiger partial charge in [-0.1, -0.05) is 48.5 Å².